The number of hydrogen-bond acceptors (Lipinski definition) is 5. The van der Waals surface area contributed by atoms with Gasteiger partial charge in [-0.2, -0.15) is 0 Å². The summed E-state index contributed by atoms with van der Waals surface area (Å²) in [5.74, 6) is -0.105. The molecule has 1 N–H and O–H groups in total. The number of aromatic nitrogens is 1. The number of aliphatic hydroxyl groups is 1. The molecule has 0 aliphatic carbocycles. The number of rotatable bonds is 5. The van der Waals surface area contributed by atoms with Crippen molar-refractivity contribution in [1.29, 1.82) is 0 Å². The van der Waals surface area contributed by atoms with Crippen LogP contribution in [0.25, 0.3) is 32.8 Å². The molecule has 0 radical (unpaired) electrons. The molecule has 0 unspecified atom stereocenters. The van der Waals surface area contributed by atoms with Crippen LogP contribution in [0.2, 0.25) is 0 Å². The maximum Gasteiger partial charge on any atom is 0.310 e. The molecule has 1 aliphatic heterocycles. The van der Waals surface area contributed by atoms with Crippen LogP contribution in [0.3, 0.4) is 0 Å². The maximum atomic E-state index is 15.5. The zero-order valence-electron chi connectivity index (χ0n) is 19.4. The first-order valence-electron chi connectivity index (χ1n) is 11.4. The van der Waals surface area contributed by atoms with Crippen LogP contribution in [0.4, 0.5) is 4.39 Å². The van der Waals surface area contributed by atoms with E-state index < -0.39 is 11.6 Å². The summed E-state index contributed by atoms with van der Waals surface area (Å²) < 4.78 is 26.6. The lowest BCUT2D eigenvalue weighted by Crippen LogP contribution is -2.28. The summed E-state index contributed by atoms with van der Waals surface area (Å²) in [7, 11) is 0. The zero-order valence-corrected chi connectivity index (χ0v) is 19.4. The Kier molecular flexibility index (Phi) is 5.48. The molecule has 0 spiro atoms. The number of benzene rings is 3. The molecule has 174 valence electrons. The van der Waals surface area contributed by atoms with Crippen molar-refractivity contribution in [2.24, 2.45) is 0 Å². The van der Waals surface area contributed by atoms with Gasteiger partial charge in [-0.05, 0) is 66.6 Å². The fraction of sp³-hybridized carbons (Fsp3) is 0.286. The molecular formula is C28H26FNO4. The summed E-state index contributed by atoms with van der Waals surface area (Å²) in [5, 5.41) is 12.1. The molecule has 0 saturated heterocycles. The van der Waals surface area contributed by atoms with Gasteiger partial charge in [0.15, 0.2) is 0 Å². The first kappa shape index (κ1) is 22.3. The van der Waals surface area contributed by atoms with Crippen molar-refractivity contribution < 1.29 is 23.8 Å². The molecule has 0 fully saturated rings. The number of hydrogen-bond donors (Lipinski definition) is 1. The topological polar surface area (TPSA) is 68.7 Å². The number of ether oxygens (including phenoxy) is 2. The lowest BCUT2D eigenvalue weighted by molar-refractivity contribution is -0.149. The number of nitrogens with zero attached hydrogens (tertiary/aromatic N) is 1. The second kappa shape index (κ2) is 8.37. The largest absolute Gasteiger partial charge is 0.493 e. The highest BCUT2D eigenvalue weighted by Gasteiger charge is 2.25. The normalized spacial score (nSPS) is 13.2. The third-order valence-electron chi connectivity index (χ3n) is 6.26. The van der Waals surface area contributed by atoms with Crippen LogP contribution in [0, 0.1) is 12.7 Å². The average Bonchev–Trinajstić information content (AvgIpc) is 2.82. The molecule has 6 heteroatoms. The lowest BCUT2D eigenvalue weighted by atomic mass is 9.86. The van der Waals surface area contributed by atoms with E-state index in [1.807, 2.05) is 30.3 Å². The summed E-state index contributed by atoms with van der Waals surface area (Å²) in [4.78, 5) is 17.5. The van der Waals surface area contributed by atoms with Crippen molar-refractivity contribution in [2.75, 3.05) is 13.2 Å². The average molecular weight is 460 g/mol. The minimum absolute atomic E-state index is 0.127. The first-order valence-corrected chi connectivity index (χ1v) is 11.4. The van der Waals surface area contributed by atoms with E-state index >= 15 is 4.39 Å². The van der Waals surface area contributed by atoms with Crippen molar-refractivity contribution in [1.82, 2.24) is 4.98 Å². The maximum absolute atomic E-state index is 15.5. The van der Waals surface area contributed by atoms with Gasteiger partial charge in [-0.1, -0.05) is 24.3 Å². The minimum atomic E-state index is -1.15. The van der Waals surface area contributed by atoms with Crippen LogP contribution >= 0.6 is 0 Å². The highest BCUT2D eigenvalue weighted by Crippen LogP contribution is 2.43. The van der Waals surface area contributed by atoms with E-state index in [0.717, 1.165) is 39.8 Å². The monoisotopic (exact) mass is 459 g/mol. The van der Waals surface area contributed by atoms with E-state index in [1.165, 1.54) is 0 Å². The quantitative estimate of drug-likeness (QED) is 0.411. The Labute approximate surface area is 197 Å². The van der Waals surface area contributed by atoms with Gasteiger partial charge in [-0.15, -0.1) is 0 Å². The van der Waals surface area contributed by atoms with Crippen molar-refractivity contribution in [3.63, 3.8) is 0 Å². The van der Waals surface area contributed by atoms with Gasteiger partial charge in [-0.25, -0.2) is 4.39 Å². The Balaban J connectivity index is 1.76. The second-order valence-electron chi connectivity index (χ2n) is 9.39. The molecule has 2 heterocycles. The molecule has 0 saturated carbocycles. The predicted molar refractivity (Wildman–Crippen MR) is 130 cm³/mol. The number of halogens is 1. The highest BCUT2D eigenvalue weighted by molar-refractivity contribution is 6.08. The molecule has 4 aromatic rings. The van der Waals surface area contributed by atoms with Crippen LogP contribution in [-0.4, -0.2) is 34.9 Å². The Morgan fingerprint density at radius 2 is 1.94 bits per heavy atom. The summed E-state index contributed by atoms with van der Waals surface area (Å²) in [6, 6.07) is 13.1. The molecule has 5 rings (SSSR count). The summed E-state index contributed by atoms with van der Waals surface area (Å²) >= 11 is 0. The van der Waals surface area contributed by atoms with E-state index in [2.05, 4.69) is 4.98 Å². The van der Waals surface area contributed by atoms with Crippen LogP contribution < -0.4 is 4.74 Å². The lowest BCUT2D eigenvalue weighted by Gasteiger charge is -2.22. The number of esters is 1. The molecule has 0 atom stereocenters. The van der Waals surface area contributed by atoms with Gasteiger partial charge in [0.25, 0.3) is 0 Å². The first-order chi connectivity index (χ1) is 16.2. The Morgan fingerprint density at radius 3 is 2.71 bits per heavy atom. The fourth-order valence-corrected chi connectivity index (χ4v) is 4.66. The molecular weight excluding hydrogens is 433 g/mol. The number of carbonyl (C=O) groups excluding carboxylic acids is 1. The van der Waals surface area contributed by atoms with E-state index in [0.29, 0.717) is 28.5 Å². The van der Waals surface area contributed by atoms with Crippen molar-refractivity contribution >= 4 is 27.6 Å². The Morgan fingerprint density at radius 1 is 1.18 bits per heavy atom. The predicted octanol–water partition coefficient (Wildman–Crippen LogP) is 5.29. The van der Waals surface area contributed by atoms with E-state index in [4.69, 9.17) is 9.47 Å². The van der Waals surface area contributed by atoms with Gasteiger partial charge in [-0.3, -0.25) is 9.78 Å². The van der Waals surface area contributed by atoms with Crippen LogP contribution in [-0.2, 0) is 22.4 Å². The summed E-state index contributed by atoms with van der Waals surface area (Å²) in [5.41, 5.74) is 3.29. The molecule has 0 amide bonds. The highest BCUT2D eigenvalue weighted by atomic mass is 19.1. The third kappa shape index (κ3) is 3.88. The van der Waals surface area contributed by atoms with Crippen LogP contribution in [0.15, 0.2) is 48.7 Å². The van der Waals surface area contributed by atoms with Crippen LogP contribution in [0.1, 0.15) is 30.5 Å². The summed E-state index contributed by atoms with van der Waals surface area (Å²) in [6.07, 6.45) is 2.44. The van der Waals surface area contributed by atoms with Gasteiger partial charge < -0.3 is 14.6 Å². The molecule has 34 heavy (non-hydrogen) atoms. The van der Waals surface area contributed by atoms with Gasteiger partial charge >= 0.3 is 5.97 Å². The van der Waals surface area contributed by atoms with Gasteiger partial charge in [0, 0.05) is 29.0 Å². The van der Waals surface area contributed by atoms with Gasteiger partial charge in [0.2, 0.25) is 0 Å². The zero-order chi connectivity index (χ0) is 24.0. The fourth-order valence-electron chi connectivity index (χ4n) is 4.66. The standard InChI is InChI=1S/C28H26FNO4/c1-16-21(14-23(31)34-15-28(2,3)32)25(18-6-4-5-7-19(18)26(16)29)20-8-9-22-24-17(11-13-33-22)10-12-30-27(20)24/h4-10,12,32H,11,13-15H2,1-3H3. The van der Waals surface area contributed by atoms with E-state index in [9.17, 15) is 9.90 Å². The second-order valence-corrected chi connectivity index (χ2v) is 9.39. The number of carbonyl (C=O) groups is 1. The number of fused-ring (bicyclic) bond motifs is 1. The summed E-state index contributed by atoms with van der Waals surface area (Å²) in [6.45, 7) is 5.29. The van der Waals surface area contributed by atoms with Crippen molar-refractivity contribution in [3.05, 3.63) is 71.2 Å². The Hall–Kier alpha value is -3.51. The van der Waals surface area contributed by atoms with E-state index in [1.54, 1.807) is 39.1 Å². The molecule has 1 aromatic heterocycles. The minimum Gasteiger partial charge on any atom is -0.493 e. The number of pyridine rings is 1. The Bertz CT molecular complexity index is 1430. The third-order valence-corrected chi connectivity index (χ3v) is 6.26. The SMILES string of the molecule is Cc1c(CC(=O)OCC(C)(C)O)c(-c2ccc3c4c(ccnc24)CCO3)c2ccccc2c1F. The molecule has 3 aromatic carbocycles. The smallest absolute Gasteiger partial charge is 0.310 e. The van der Waals surface area contributed by atoms with Gasteiger partial charge in [0.05, 0.1) is 24.1 Å². The molecule has 0 bridgehead atoms. The van der Waals surface area contributed by atoms with Crippen molar-refractivity contribution in [3.8, 4) is 16.9 Å². The van der Waals surface area contributed by atoms with E-state index in [-0.39, 0.29) is 18.8 Å². The van der Waals surface area contributed by atoms with Crippen molar-refractivity contribution in [2.45, 2.75) is 39.2 Å². The molecule has 1 aliphatic rings. The van der Waals surface area contributed by atoms with Gasteiger partial charge in [0.1, 0.15) is 18.2 Å². The molecule has 5 nitrogen and oxygen atoms in total. The van der Waals surface area contributed by atoms with Crippen LogP contribution in [0.5, 0.6) is 5.75 Å².